The summed E-state index contributed by atoms with van der Waals surface area (Å²) in [5.41, 5.74) is 2.09. The van der Waals surface area contributed by atoms with Crippen molar-refractivity contribution in [3.63, 3.8) is 0 Å². The van der Waals surface area contributed by atoms with Crippen molar-refractivity contribution >= 4 is 50.8 Å². The van der Waals surface area contributed by atoms with E-state index in [1.165, 1.54) is 18.1 Å². The minimum absolute atomic E-state index is 0.129. The van der Waals surface area contributed by atoms with E-state index < -0.39 is 0 Å². The molecule has 0 aliphatic heterocycles. The number of hydrogen-bond donors (Lipinski definition) is 2. The van der Waals surface area contributed by atoms with Gasteiger partial charge in [-0.05, 0) is 35.7 Å². The molecule has 0 aliphatic rings. The summed E-state index contributed by atoms with van der Waals surface area (Å²) in [7, 11) is 1.58. The summed E-state index contributed by atoms with van der Waals surface area (Å²) in [6.07, 6.45) is 1.51. The number of nitrogens with one attached hydrogen (secondary N) is 2. The second-order valence-corrected chi connectivity index (χ2v) is 6.69. The van der Waals surface area contributed by atoms with Gasteiger partial charge < -0.3 is 10.6 Å². The van der Waals surface area contributed by atoms with Gasteiger partial charge in [0.25, 0.3) is 5.91 Å². The molecule has 0 radical (unpaired) electrons. The molecule has 0 spiro atoms. The van der Waals surface area contributed by atoms with Gasteiger partial charge in [-0.2, -0.15) is 0 Å². The molecule has 122 valence electrons. The fraction of sp³-hybridized carbons (Fsp3) is 0.125. The highest BCUT2D eigenvalue weighted by atomic mass is 32.2. The Bertz CT molecular complexity index is 877. The smallest absolute Gasteiger partial charge is 0.251 e. The maximum absolute atomic E-state index is 12.1. The number of nitrogens with zero attached hydrogens (tertiary/aromatic N) is 2. The summed E-state index contributed by atoms with van der Waals surface area (Å²) in [6, 6.07) is 8.67. The van der Waals surface area contributed by atoms with Crippen molar-refractivity contribution in [1.29, 1.82) is 0 Å². The first kappa shape index (κ1) is 16.4. The van der Waals surface area contributed by atoms with Gasteiger partial charge in [-0.1, -0.05) is 11.8 Å². The van der Waals surface area contributed by atoms with Gasteiger partial charge in [0, 0.05) is 18.3 Å². The first-order valence-corrected chi connectivity index (χ1v) is 8.97. The Morgan fingerprint density at radius 3 is 2.71 bits per heavy atom. The molecule has 8 heteroatoms. The van der Waals surface area contributed by atoms with Crippen LogP contribution < -0.4 is 10.6 Å². The number of thiophene rings is 1. The maximum atomic E-state index is 12.1. The summed E-state index contributed by atoms with van der Waals surface area (Å²) in [5, 5.41) is 8.12. The van der Waals surface area contributed by atoms with Crippen molar-refractivity contribution in [3.8, 4) is 0 Å². The third-order valence-corrected chi connectivity index (χ3v) is 5.24. The number of anilines is 1. The third kappa shape index (κ3) is 3.72. The predicted octanol–water partition coefficient (Wildman–Crippen LogP) is 2.78. The van der Waals surface area contributed by atoms with E-state index in [-0.39, 0.29) is 17.6 Å². The van der Waals surface area contributed by atoms with Crippen LogP contribution in [0.5, 0.6) is 0 Å². The molecule has 24 heavy (non-hydrogen) atoms. The normalized spacial score (nSPS) is 10.5. The summed E-state index contributed by atoms with van der Waals surface area (Å²) in [5.74, 6) is -0.0375. The molecule has 2 heterocycles. The van der Waals surface area contributed by atoms with Gasteiger partial charge in [-0.25, -0.2) is 9.97 Å². The number of amides is 2. The fourth-order valence-electron chi connectivity index (χ4n) is 2.05. The molecule has 0 saturated heterocycles. The van der Waals surface area contributed by atoms with Gasteiger partial charge >= 0.3 is 0 Å². The van der Waals surface area contributed by atoms with Crippen molar-refractivity contribution < 1.29 is 9.59 Å². The molecule has 3 rings (SSSR count). The Balaban J connectivity index is 1.59. The molecule has 0 atom stereocenters. The standard InChI is InChI=1S/C16H14N4O2S2/c1-17-15(22)10-2-4-11(5-3-10)20-13(21)8-24-16-14-12(6-7-23-14)18-9-19-16/h2-7,9H,8H2,1H3,(H,17,22)(H,20,21). The van der Waals surface area contributed by atoms with Gasteiger partial charge in [0.1, 0.15) is 11.4 Å². The molecule has 0 aliphatic carbocycles. The Morgan fingerprint density at radius 1 is 1.17 bits per heavy atom. The molecular formula is C16H14N4O2S2. The lowest BCUT2D eigenvalue weighted by Crippen LogP contribution is -2.18. The number of thioether (sulfide) groups is 1. The Hall–Kier alpha value is -2.45. The van der Waals surface area contributed by atoms with Crippen LogP contribution in [0, 0.1) is 0 Å². The van der Waals surface area contributed by atoms with E-state index in [0.29, 0.717) is 11.3 Å². The highest BCUT2D eigenvalue weighted by Crippen LogP contribution is 2.28. The topological polar surface area (TPSA) is 84.0 Å². The minimum atomic E-state index is -0.160. The van der Waals surface area contributed by atoms with Crippen LogP contribution in [0.4, 0.5) is 5.69 Å². The van der Waals surface area contributed by atoms with Gasteiger partial charge in [0.05, 0.1) is 16.0 Å². The minimum Gasteiger partial charge on any atom is -0.355 e. The lowest BCUT2D eigenvalue weighted by Gasteiger charge is -2.06. The quantitative estimate of drug-likeness (QED) is 0.541. The number of carbonyl (C=O) groups excluding carboxylic acids is 2. The highest BCUT2D eigenvalue weighted by molar-refractivity contribution is 8.00. The molecule has 0 fully saturated rings. The van der Waals surface area contributed by atoms with Crippen LogP contribution in [0.15, 0.2) is 47.1 Å². The number of rotatable bonds is 5. The maximum Gasteiger partial charge on any atom is 0.251 e. The molecule has 2 aromatic heterocycles. The van der Waals surface area contributed by atoms with Crippen molar-refractivity contribution in [3.05, 3.63) is 47.6 Å². The molecule has 0 unspecified atom stereocenters. The van der Waals surface area contributed by atoms with E-state index in [2.05, 4.69) is 20.6 Å². The molecule has 3 aromatic rings. The molecule has 0 saturated carbocycles. The van der Waals surface area contributed by atoms with E-state index in [1.807, 2.05) is 11.4 Å². The second-order valence-electron chi connectivity index (χ2n) is 4.81. The summed E-state index contributed by atoms with van der Waals surface area (Å²) < 4.78 is 0.991. The van der Waals surface area contributed by atoms with Crippen LogP contribution in [0.3, 0.4) is 0 Å². The Kier molecular flexibility index (Phi) is 5.07. The first-order valence-electron chi connectivity index (χ1n) is 7.10. The van der Waals surface area contributed by atoms with Gasteiger partial charge in [-0.3, -0.25) is 9.59 Å². The summed E-state index contributed by atoms with van der Waals surface area (Å²) >= 11 is 2.94. The Labute approximate surface area is 146 Å². The molecule has 2 N–H and O–H groups in total. The largest absolute Gasteiger partial charge is 0.355 e. The monoisotopic (exact) mass is 358 g/mol. The average Bonchev–Trinajstić information content (AvgIpc) is 3.09. The second kappa shape index (κ2) is 7.41. The lowest BCUT2D eigenvalue weighted by atomic mass is 10.2. The van der Waals surface area contributed by atoms with Crippen molar-refractivity contribution in [1.82, 2.24) is 15.3 Å². The lowest BCUT2D eigenvalue weighted by molar-refractivity contribution is -0.113. The predicted molar refractivity (Wildman–Crippen MR) is 96.6 cm³/mol. The Morgan fingerprint density at radius 2 is 1.96 bits per heavy atom. The summed E-state index contributed by atoms with van der Waals surface area (Å²) in [6.45, 7) is 0. The van der Waals surface area contributed by atoms with E-state index in [4.69, 9.17) is 0 Å². The number of fused-ring (bicyclic) bond motifs is 1. The third-order valence-electron chi connectivity index (χ3n) is 3.21. The van der Waals surface area contributed by atoms with E-state index in [9.17, 15) is 9.59 Å². The summed E-state index contributed by atoms with van der Waals surface area (Å²) in [4.78, 5) is 32.0. The van der Waals surface area contributed by atoms with E-state index >= 15 is 0 Å². The molecule has 1 aromatic carbocycles. The van der Waals surface area contributed by atoms with Crippen molar-refractivity contribution in [2.45, 2.75) is 5.03 Å². The number of aromatic nitrogens is 2. The van der Waals surface area contributed by atoms with Gasteiger partial charge in [-0.15, -0.1) is 11.3 Å². The van der Waals surface area contributed by atoms with Crippen LogP contribution in [0.2, 0.25) is 0 Å². The zero-order valence-corrected chi connectivity index (χ0v) is 14.4. The first-order chi connectivity index (χ1) is 11.7. The molecule has 6 nitrogen and oxygen atoms in total. The van der Waals surface area contributed by atoms with Crippen molar-refractivity contribution in [2.24, 2.45) is 0 Å². The molecule has 0 bridgehead atoms. The van der Waals surface area contributed by atoms with Crippen LogP contribution >= 0.6 is 23.1 Å². The van der Waals surface area contributed by atoms with Gasteiger partial charge in [0.15, 0.2) is 0 Å². The number of benzene rings is 1. The zero-order chi connectivity index (χ0) is 16.9. The van der Waals surface area contributed by atoms with Crippen LogP contribution in [0.1, 0.15) is 10.4 Å². The van der Waals surface area contributed by atoms with E-state index in [1.54, 1.807) is 42.6 Å². The molecule has 2 amide bonds. The fourth-order valence-corrected chi connectivity index (χ4v) is 3.80. The number of hydrogen-bond acceptors (Lipinski definition) is 6. The number of carbonyl (C=O) groups is 2. The molecular weight excluding hydrogens is 344 g/mol. The van der Waals surface area contributed by atoms with Crippen LogP contribution in [0.25, 0.3) is 10.2 Å². The SMILES string of the molecule is CNC(=O)c1ccc(NC(=O)CSc2ncnc3ccsc23)cc1. The van der Waals surface area contributed by atoms with Gasteiger partial charge in [0.2, 0.25) is 5.91 Å². The zero-order valence-electron chi connectivity index (χ0n) is 12.8. The van der Waals surface area contributed by atoms with Crippen molar-refractivity contribution in [2.75, 3.05) is 18.1 Å². The van der Waals surface area contributed by atoms with Crippen LogP contribution in [-0.4, -0.2) is 34.6 Å². The highest BCUT2D eigenvalue weighted by Gasteiger charge is 2.09. The van der Waals surface area contributed by atoms with E-state index in [0.717, 1.165) is 15.2 Å². The van der Waals surface area contributed by atoms with Crippen LogP contribution in [-0.2, 0) is 4.79 Å². The average molecular weight is 358 g/mol.